The van der Waals surface area contributed by atoms with Crippen molar-refractivity contribution in [1.29, 1.82) is 0 Å². The van der Waals surface area contributed by atoms with Crippen molar-refractivity contribution in [3.8, 4) is 0 Å². The van der Waals surface area contributed by atoms with E-state index in [1.165, 1.54) is 0 Å². The Hall–Kier alpha value is -1.00. The number of rotatable bonds is 10. The number of halogens is 3. The molecular formula is C25H27Cl2IN2O3S. The van der Waals surface area contributed by atoms with Gasteiger partial charge in [0.15, 0.2) is 0 Å². The van der Waals surface area contributed by atoms with Gasteiger partial charge in [0.25, 0.3) is 5.91 Å². The molecule has 2 amide bonds. The van der Waals surface area contributed by atoms with Gasteiger partial charge in [-0.3, -0.25) is 14.5 Å². The summed E-state index contributed by atoms with van der Waals surface area (Å²) in [6.07, 6.45) is 3.23. The van der Waals surface area contributed by atoms with Crippen molar-refractivity contribution < 1.29 is 14.3 Å². The minimum absolute atomic E-state index is 0.0387. The van der Waals surface area contributed by atoms with Crippen LogP contribution in [0.15, 0.2) is 48.5 Å². The summed E-state index contributed by atoms with van der Waals surface area (Å²) in [6, 6.07) is 14.2. The first-order valence-corrected chi connectivity index (χ1v) is 15.7. The molecule has 2 aromatic carbocycles. The van der Waals surface area contributed by atoms with Crippen molar-refractivity contribution in [3.63, 3.8) is 0 Å². The van der Waals surface area contributed by atoms with E-state index in [1.54, 1.807) is 26.0 Å². The average Bonchev–Trinajstić information content (AvgIpc) is 3.64. The second kappa shape index (κ2) is 12.3. The molecule has 0 bridgehead atoms. The lowest BCUT2D eigenvalue weighted by Gasteiger charge is -2.42. The molecule has 0 aromatic heterocycles. The van der Waals surface area contributed by atoms with E-state index in [2.05, 4.69) is 21.2 Å². The maximum absolute atomic E-state index is 14.3. The Morgan fingerprint density at radius 3 is 2.53 bits per heavy atom. The summed E-state index contributed by atoms with van der Waals surface area (Å²) in [4.78, 5) is 30.8. The summed E-state index contributed by atoms with van der Waals surface area (Å²) in [6.45, 7) is 1.23. The highest BCUT2D eigenvalue weighted by Crippen LogP contribution is 2.39. The van der Waals surface area contributed by atoms with Crippen LogP contribution in [-0.4, -0.2) is 48.4 Å². The largest absolute Gasteiger partial charge is 0.360 e. The molecule has 2 aromatic rings. The van der Waals surface area contributed by atoms with Gasteiger partial charge < -0.3 is 9.64 Å². The van der Waals surface area contributed by atoms with Crippen LogP contribution in [0.25, 0.3) is 0 Å². The number of piperidine rings is 1. The Bertz CT molecular complexity index is 1020. The summed E-state index contributed by atoms with van der Waals surface area (Å²) in [5.74, 6) is 1.03. The van der Waals surface area contributed by atoms with Gasteiger partial charge >= 0.3 is 0 Å². The van der Waals surface area contributed by atoms with E-state index in [9.17, 15) is 9.59 Å². The van der Waals surface area contributed by atoms with E-state index in [0.717, 1.165) is 24.2 Å². The monoisotopic (exact) mass is 632 g/mol. The molecule has 1 heterocycles. The van der Waals surface area contributed by atoms with Crippen LogP contribution < -0.4 is 4.90 Å². The van der Waals surface area contributed by atoms with Gasteiger partial charge in [-0.05, 0) is 82.3 Å². The Balaban J connectivity index is 1.70. The molecule has 0 spiro atoms. The number of carbonyl (C=O) groups is 2. The van der Waals surface area contributed by atoms with Gasteiger partial charge in [-0.2, -0.15) is 0 Å². The minimum atomic E-state index is -0.623. The summed E-state index contributed by atoms with van der Waals surface area (Å²) >= 11 is 14.8. The Morgan fingerprint density at radius 2 is 1.85 bits per heavy atom. The van der Waals surface area contributed by atoms with Crippen LogP contribution in [0.5, 0.6) is 0 Å². The van der Waals surface area contributed by atoms with Crippen LogP contribution in [0.3, 0.4) is 0 Å². The first kappa shape index (κ1) is 26.1. The number of hydrogen-bond donors (Lipinski definition) is 0. The molecular weight excluding hydrogens is 606 g/mol. The van der Waals surface area contributed by atoms with Crippen LogP contribution in [0.2, 0.25) is 10.0 Å². The average molecular weight is 633 g/mol. The second-order valence-electron chi connectivity index (χ2n) is 8.73. The first-order chi connectivity index (χ1) is 16.5. The molecule has 2 atom stereocenters. The number of ether oxygens (including phenoxy) is 1. The van der Waals surface area contributed by atoms with Crippen molar-refractivity contribution in [2.24, 2.45) is 5.92 Å². The standard InChI is InChI=1S/C25H27Cl2IN2O3S/c26-19-4-1-3-18(13-19)22-9-10-23(31)29(15-17-7-8-17)24(22)25(32)30(16-33-11-12-34-28)21-6-2-5-20(27)14-21/h1-6,13-14,17,22,24H,7-12,15-16H2/t22-,24?/m0/s1. The van der Waals surface area contributed by atoms with Crippen LogP contribution >= 0.6 is 53.3 Å². The van der Waals surface area contributed by atoms with E-state index in [0.29, 0.717) is 47.6 Å². The SMILES string of the molecule is O=C(C1[C@H](c2cccc(Cl)c2)CCC(=O)N1CC1CC1)N(COCCSI)c1cccc(Cl)c1. The minimum Gasteiger partial charge on any atom is -0.360 e. The van der Waals surface area contributed by atoms with Gasteiger partial charge in [0, 0.05) is 40.4 Å². The lowest BCUT2D eigenvalue weighted by Crippen LogP contribution is -2.57. The molecule has 4 rings (SSSR count). The summed E-state index contributed by atoms with van der Waals surface area (Å²) in [7, 11) is 1.66. The maximum atomic E-state index is 14.3. The van der Waals surface area contributed by atoms with E-state index < -0.39 is 6.04 Å². The summed E-state index contributed by atoms with van der Waals surface area (Å²) in [5, 5.41) is 1.17. The lowest BCUT2D eigenvalue weighted by atomic mass is 9.82. The van der Waals surface area contributed by atoms with Gasteiger partial charge in [0.1, 0.15) is 12.8 Å². The molecule has 2 aliphatic rings. The van der Waals surface area contributed by atoms with E-state index in [-0.39, 0.29) is 24.5 Å². The van der Waals surface area contributed by atoms with Crippen molar-refractivity contribution in [1.82, 2.24) is 4.90 Å². The van der Waals surface area contributed by atoms with E-state index >= 15 is 0 Å². The zero-order chi connectivity index (χ0) is 24.1. The van der Waals surface area contributed by atoms with Gasteiger partial charge in [-0.1, -0.05) is 50.3 Å². The molecule has 0 N–H and O–H groups in total. The second-order valence-corrected chi connectivity index (χ2v) is 12.1. The van der Waals surface area contributed by atoms with Gasteiger partial charge in [-0.15, -0.1) is 0 Å². The fourth-order valence-corrected chi connectivity index (χ4v) is 5.56. The van der Waals surface area contributed by atoms with Crippen LogP contribution in [-0.2, 0) is 14.3 Å². The molecule has 182 valence electrons. The highest BCUT2D eigenvalue weighted by molar-refractivity contribution is 14.2. The molecule has 1 unspecified atom stereocenters. The third-order valence-corrected chi connectivity index (χ3v) is 8.41. The summed E-state index contributed by atoms with van der Waals surface area (Å²) in [5.41, 5.74) is 1.64. The number of anilines is 1. The highest BCUT2D eigenvalue weighted by atomic mass is 127. The highest BCUT2D eigenvalue weighted by Gasteiger charge is 2.45. The van der Waals surface area contributed by atoms with Gasteiger partial charge in [0.05, 0.1) is 6.61 Å². The molecule has 1 aliphatic heterocycles. The van der Waals surface area contributed by atoms with E-state index in [1.807, 2.05) is 41.3 Å². The van der Waals surface area contributed by atoms with Crippen molar-refractivity contribution >= 4 is 70.8 Å². The first-order valence-electron chi connectivity index (χ1n) is 11.4. The van der Waals surface area contributed by atoms with E-state index in [4.69, 9.17) is 27.9 Å². The topological polar surface area (TPSA) is 49.9 Å². The molecule has 9 heteroatoms. The number of carbonyl (C=O) groups excluding carboxylic acids is 2. The van der Waals surface area contributed by atoms with Crippen molar-refractivity contribution in [3.05, 3.63) is 64.1 Å². The van der Waals surface area contributed by atoms with Crippen LogP contribution in [0.4, 0.5) is 5.69 Å². The van der Waals surface area contributed by atoms with Crippen molar-refractivity contribution in [2.45, 2.75) is 37.6 Å². The smallest absolute Gasteiger partial charge is 0.252 e. The fourth-order valence-electron chi connectivity index (χ4n) is 4.45. The maximum Gasteiger partial charge on any atom is 0.252 e. The van der Waals surface area contributed by atoms with Gasteiger partial charge in [0.2, 0.25) is 5.91 Å². The number of benzene rings is 2. The van der Waals surface area contributed by atoms with Crippen LogP contribution in [0, 0.1) is 5.92 Å². The predicted molar refractivity (Wildman–Crippen MR) is 148 cm³/mol. The quantitative estimate of drug-likeness (QED) is 0.169. The number of likely N-dealkylation sites (tertiary alicyclic amines) is 1. The zero-order valence-electron chi connectivity index (χ0n) is 18.7. The van der Waals surface area contributed by atoms with Crippen LogP contribution in [0.1, 0.15) is 37.2 Å². The zero-order valence-corrected chi connectivity index (χ0v) is 23.2. The number of amides is 2. The molecule has 1 saturated carbocycles. The van der Waals surface area contributed by atoms with Crippen molar-refractivity contribution in [2.75, 3.05) is 30.5 Å². The number of nitrogens with zero attached hydrogens (tertiary/aromatic N) is 2. The third kappa shape index (κ3) is 6.60. The predicted octanol–water partition coefficient (Wildman–Crippen LogP) is 6.57. The molecule has 1 saturated heterocycles. The van der Waals surface area contributed by atoms with Gasteiger partial charge in [-0.25, -0.2) is 0 Å². The fraction of sp³-hybridized carbons (Fsp3) is 0.440. The lowest BCUT2D eigenvalue weighted by molar-refractivity contribution is -0.144. The Labute approximate surface area is 227 Å². The Kier molecular flexibility index (Phi) is 9.43. The molecule has 1 aliphatic carbocycles. The normalized spacial score (nSPS) is 20.4. The molecule has 2 fully saturated rings. The number of hydrogen-bond acceptors (Lipinski definition) is 4. The molecule has 0 radical (unpaired) electrons. The molecule has 5 nitrogen and oxygen atoms in total. The summed E-state index contributed by atoms with van der Waals surface area (Å²) < 4.78 is 5.87. The third-order valence-electron chi connectivity index (χ3n) is 6.30. The molecule has 34 heavy (non-hydrogen) atoms. The Morgan fingerprint density at radius 1 is 1.12 bits per heavy atom.